The van der Waals surface area contributed by atoms with Crippen LogP contribution in [-0.2, 0) is 16.1 Å². The third-order valence-corrected chi connectivity index (χ3v) is 4.45. The molecule has 0 spiro atoms. The number of hydrogen-bond acceptors (Lipinski definition) is 5. The minimum absolute atomic E-state index is 0.316. The van der Waals surface area contributed by atoms with Crippen LogP contribution in [0.2, 0.25) is 0 Å². The molecule has 0 unspecified atom stereocenters. The molecule has 2 aromatic carbocycles. The Morgan fingerprint density at radius 3 is 2.46 bits per heavy atom. The van der Waals surface area contributed by atoms with Crippen LogP contribution >= 0.6 is 11.3 Å². The van der Waals surface area contributed by atoms with Gasteiger partial charge in [-0.3, -0.25) is 4.79 Å². The monoisotopic (exact) mass is 366 g/mol. The number of hydrogen-bond donors (Lipinski definition) is 2. The summed E-state index contributed by atoms with van der Waals surface area (Å²) in [5.74, 6) is -0.879. The maximum Gasteiger partial charge on any atom is 0.340 e. The highest BCUT2D eigenvalue weighted by molar-refractivity contribution is 7.09. The molecule has 6 heteroatoms. The summed E-state index contributed by atoms with van der Waals surface area (Å²) in [5, 5.41) is 7.85. The Bertz CT molecular complexity index is 864. The topological polar surface area (TPSA) is 67.4 Å². The number of nitrogens with one attached hydrogen (secondary N) is 2. The molecule has 0 aliphatic heterocycles. The van der Waals surface area contributed by atoms with Crippen LogP contribution in [0.3, 0.4) is 0 Å². The van der Waals surface area contributed by atoms with Crippen LogP contribution in [0.25, 0.3) is 0 Å². The molecule has 0 saturated heterocycles. The number of carbonyl (C=O) groups is 2. The van der Waals surface area contributed by atoms with Crippen molar-refractivity contribution in [2.24, 2.45) is 0 Å². The fourth-order valence-electron chi connectivity index (χ4n) is 2.31. The van der Waals surface area contributed by atoms with Crippen molar-refractivity contribution in [2.45, 2.75) is 6.54 Å². The molecule has 26 heavy (non-hydrogen) atoms. The summed E-state index contributed by atoms with van der Waals surface area (Å²) in [6.07, 6.45) is 0. The van der Waals surface area contributed by atoms with Gasteiger partial charge in [-0.05, 0) is 35.7 Å². The van der Waals surface area contributed by atoms with E-state index in [9.17, 15) is 9.59 Å². The molecule has 0 aliphatic carbocycles. The van der Waals surface area contributed by atoms with Gasteiger partial charge in [0.2, 0.25) is 0 Å². The van der Waals surface area contributed by atoms with E-state index in [4.69, 9.17) is 4.74 Å². The average Bonchev–Trinajstić information content (AvgIpc) is 3.19. The number of thiophene rings is 1. The summed E-state index contributed by atoms with van der Waals surface area (Å²) >= 11 is 1.56. The molecule has 2 N–H and O–H groups in total. The molecule has 132 valence electrons. The average molecular weight is 366 g/mol. The van der Waals surface area contributed by atoms with E-state index >= 15 is 0 Å². The molecular weight excluding hydrogens is 348 g/mol. The Labute approximate surface area is 155 Å². The Balaban J connectivity index is 1.56. The Morgan fingerprint density at radius 2 is 1.69 bits per heavy atom. The number of benzene rings is 2. The Kier molecular flexibility index (Phi) is 6.01. The van der Waals surface area contributed by atoms with Gasteiger partial charge in [-0.25, -0.2) is 4.79 Å². The molecule has 0 saturated carbocycles. The lowest BCUT2D eigenvalue weighted by Crippen LogP contribution is -2.28. The molecular formula is C20H18N2O3S. The van der Waals surface area contributed by atoms with Crippen molar-refractivity contribution in [3.8, 4) is 0 Å². The second kappa shape index (κ2) is 8.82. The Hall–Kier alpha value is -3.12. The van der Waals surface area contributed by atoms with Crippen molar-refractivity contribution in [3.63, 3.8) is 0 Å². The lowest BCUT2D eigenvalue weighted by atomic mass is 10.1. The summed E-state index contributed by atoms with van der Waals surface area (Å²) in [4.78, 5) is 25.2. The second-order valence-corrected chi connectivity index (χ2v) is 6.50. The van der Waals surface area contributed by atoms with Crippen LogP contribution < -0.4 is 10.6 Å². The third-order valence-electron chi connectivity index (χ3n) is 3.57. The van der Waals surface area contributed by atoms with Gasteiger partial charge in [0.05, 0.1) is 17.8 Å². The van der Waals surface area contributed by atoms with Gasteiger partial charge in [0.15, 0.2) is 6.61 Å². The molecule has 0 bridgehead atoms. The van der Waals surface area contributed by atoms with E-state index < -0.39 is 5.97 Å². The van der Waals surface area contributed by atoms with E-state index in [-0.39, 0.29) is 12.5 Å². The molecule has 0 radical (unpaired) electrons. The lowest BCUT2D eigenvalue weighted by molar-refractivity contribution is -0.124. The zero-order valence-corrected chi connectivity index (χ0v) is 14.8. The van der Waals surface area contributed by atoms with Gasteiger partial charge in [-0.1, -0.05) is 36.4 Å². The summed E-state index contributed by atoms with van der Waals surface area (Å²) in [6.45, 7) is 0.115. The van der Waals surface area contributed by atoms with Crippen LogP contribution in [0.4, 0.5) is 11.4 Å². The summed E-state index contributed by atoms with van der Waals surface area (Å²) in [5.41, 5.74) is 1.87. The molecule has 3 aromatic rings. The normalized spacial score (nSPS) is 10.2. The molecule has 0 atom stereocenters. The molecule has 1 aromatic heterocycles. The maximum absolute atomic E-state index is 12.4. The van der Waals surface area contributed by atoms with Crippen molar-refractivity contribution >= 4 is 34.6 Å². The number of ether oxygens (including phenoxy) is 1. The largest absolute Gasteiger partial charge is 0.452 e. The predicted octanol–water partition coefficient (Wildman–Crippen LogP) is 3.96. The summed E-state index contributed by atoms with van der Waals surface area (Å²) < 4.78 is 5.15. The van der Waals surface area contributed by atoms with E-state index in [0.717, 1.165) is 10.6 Å². The standard InChI is InChI=1S/C20H18N2O3S/c23-19(21-13-16-9-6-12-26-16)14-25-20(24)17-10-4-5-11-18(17)22-15-7-2-1-3-8-15/h1-12,22H,13-14H2,(H,21,23). The van der Waals surface area contributed by atoms with Gasteiger partial charge >= 0.3 is 5.97 Å². The number of amides is 1. The minimum atomic E-state index is -0.546. The van der Waals surface area contributed by atoms with Crippen LogP contribution in [-0.4, -0.2) is 18.5 Å². The van der Waals surface area contributed by atoms with E-state index in [1.807, 2.05) is 53.9 Å². The Morgan fingerprint density at radius 1 is 0.923 bits per heavy atom. The predicted molar refractivity (Wildman–Crippen MR) is 103 cm³/mol. The molecule has 3 rings (SSSR count). The number of rotatable bonds is 7. The number of anilines is 2. The quantitative estimate of drug-likeness (QED) is 0.621. The second-order valence-electron chi connectivity index (χ2n) is 5.47. The lowest BCUT2D eigenvalue weighted by Gasteiger charge is -2.11. The summed E-state index contributed by atoms with van der Waals surface area (Å²) in [7, 11) is 0. The fourth-order valence-corrected chi connectivity index (χ4v) is 2.95. The highest BCUT2D eigenvalue weighted by Gasteiger charge is 2.14. The smallest absolute Gasteiger partial charge is 0.340 e. The zero-order valence-electron chi connectivity index (χ0n) is 14.0. The van der Waals surface area contributed by atoms with E-state index in [1.54, 1.807) is 29.5 Å². The third kappa shape index (κ3) is 4.94. The molecule has 1 heterocycles. The van der Waals surface area contributed by atoms with Crippen LogP contribution in [0.15, 0.2) is 72.1 Å². The van der Waals surface area contributed by atoms with Crippen LogP contribution in [0.1, 0.15) is 15.2 Å². The highest BCUT2D eigenvalue weighted by atomic mass is 32.1. The van der Waals surface area contributed by atoms with Gasteiger partial charge in [0, 0.05) is 10.6 Å². The van der Waals surface area contributed by atoms with Crippen molar-refractivity contribution in [1.29, 1.82) is 0 Å². The molecule has 0 fully saturated rings. The first-order valence-electron chi connectivity index (χ1n) is 8.09. The maximum atomic E-state index is 12.4. The van der Waals surface area contributed by atoms with Crippen LogP contribution in [0, 0.1) is 0 Å². The zero-order chi connectivity index (χ0) is 18.2. The van der Waals surface area contributed by atoms with Gasteiger partial charge in [0.25, 0.3) is 5.91 Å². The van der Waals surface area contributed by atoms with Gasteiger partial charge in [-0.2, -0.15) is 0 Å². The molecule has 1 amide bonds. The van der Waals surface area contributed by atoms with Gasteiger partial charge in [0.1, 0.15) is 0 Å². The minimum Gasteiger partial charge on any atom is -0.452 e. The number of esters is 1. The van der Waals surface area contributed by atoms with Crippen molar-refractivity contribution < 1.29 is 14.3 Å². The van der Waals surface area contributed by atoms with E-state index in [0.29, 0.717) is 17.8 Å². The molecule has 5 nitrogen and oxygen atoms in total. The van der Waals surface area contributed by atoms with Crippen molar-refractivity contribution in [3.05, 3.63) is 82.6 Å². The van der Waals surface area contributed by atoms with Crippen molar-refractivity contribution in [1.82, 2.24) is 5.32 Å². The van der Waals surface area contributed by atoms with Crippen molar-refractivity contribution in [2.75, 3.05) is 11.9 Å². The van der Waals surface area contributed by atoms with Gasteiger partial charge in [-0.15, -0.1) is 11.3 Å². The first kappa shape index (κ1) is 17.7. The van der Waals surface area contributed by atoms with E-state index in [1.165, 1.54) is 0 Å². The van der Waals surface area contributed by atoms with Crippen LogP contribution in [0.5, 0.6) is 0 Å². The highest BCUT2D eigenvalue weighted by Crippen LogP contribution is 2.21. The number of para-hydroxylation sites is 2. The first-order chi connectivity index (χ1) is 12.7. The summed E-state index contributed by atoms with van der Waals surface area (Å²) in [6, 6.07) is 20.4. The first-order valence-corrected chi connectivity index (χ1v) is 8.97. The number of carbonyl (C=O) groups excluding carboxylic acids is 2. The van der Waals surface area contributed by atoms with Gasteiger partial charge < -0.3 is 15.4 Å². The fraction of sp³-hybridized carbons (Fsp3) is 0.100. The molecule has 0 aliphatic rings. The SMILES string of the molecule is O=C(COC(=O)c1ccccc1Nc1ccccc1)NCc1cccs1. The van der Waals surface area contributed by atoms with E-state index in [2.05, 4.69) is 10.6 Å².